The lowest BCUT2D eigenvalue weighted by molar-refractivity contribution is 0.282. The van der Waals surface area contributed by atoms with Crippen LogP contribution in [0.25, 0.3) is 0 Å². The van der Waals surface area contributed by atoms with Crippen molar-refractivity contribution in [3.63, 3.8) is 0 Å². The molecule has 0 radical (unpaired) electrons. The molecule has 0 bridgehead atoms. The lowest BCUT2D eigenvalue weighted by Crippen LogP contribution is -2.28. The molecular weight excluding hydrogens is 301 g/mol. The minimum absolute atomic E-state index is 0.165. The number of aliphatic hydroxyl groups excluding tert-OH is 1. The van der Waals surface area contributed by atoms with Crippen LogP contribution in [0.4, 0.5) is 10.1 Å². The molecule has 1 aromatic heterocycles. The number of hydrogen-bond acceptors (Lipinski definition) is 4. The van der Waals surface area contributed by atoms with Crippen molar-refractivity contribution in [3.8, 4) is 0 Å². The molecule has 0 atom stereocenters. The molecule has 1 aromatic carbocycles. The Bertz CT molecular complexity index is 755. The van der Waals surface area contributed by atoms with E-state index in [0.717, 1.165) is 16.9 Å². The number of fused-ring (bicyclic) bond motifs is 1. The zero-order valence-electron chi connectivity index (χ0n) is 10.4. The molecule has 0 saturated heterocycles. The van der Waals surface area contributed by atoms with Crippen LogP contribution in [0.3, 0.4) is 0 Å². The Kier molecular flexibility index (Phi) is 3.27. The highest BCUT2D eigenvalue weighted by atomic mass is 32.2. The summed E-state index contributed by atoms with van der Waals surface area (Å²) >= 11 is 1.06. The molecule has 2 heterocycles. The molecule has 1 N–H and O–H groups in total. The van der Waals surface area contributed by atoms with Crippen LogP contribution in [0.1, 0.15) is 11.1 Å². The molecule has 1 aliphatic rings. The monoisotopic (exact) mass is 313 g/mol. The number of thiophene rings is 1. The lowest BCUT2D eigenvalue weighted by atomic mass is 10.2. The maximum absolute atomic E-state index is 13.3. The van der Waals surface area contributed by atoms with Crippen molar-refractivity contribution in [2.24, 2.45) is 0 Å². The van der Waals surface area contributed by atoms with Gasteiger partial charge >= 0.3 is 0 Å². The summed E-state index contributed by atoms with van der Waals surface area (Å²) in [4.78, 5) is 0. The second-order valence-corrected chi connectivity index (χ2v) is 7.53. The van der Waals surface area contributed by atoms with Crippen molar-refractivity contribution < 1.29 is 17.9 Å². The second kappa shape index (κ2) is 4.83. The predicted molar refractivity (Wildman–Crippen MR) is 74.9 cm³/mol. The first-order chi connectivity index (χ1) is 9.52. The fraction of sp³-hybridized carbons (Fsp3) is 0.231. The number of rotatable bonds is 3. The Hall–Kier alpha value is -1.44. The first kappa shape index (κ1) is 13.5. The first-order valence-corrected chi connectivity index (χ1v) is 8.34. The van der Waals surface area contributed by atoms with Gasteiger partial charge in [-0.1, -0.05) is 6.07 Å². The average Bonchev–Trinajstić information content (AvgIpc) is 3.05. The number of nitrogens with zero attached hydrogens (tertiary/aromatic N) is 1. The number of hydrogen-bond donors (Lipinski definition) is 1. The van der Waals surface area contributed by atoms with Crippen molar-refractivity contribution in [1.82, 2.24) is 0 Å². The molecule has 106 valence electrons. The van der Waals surface area contributed by atoms with E-state index in [1.807, 2.05) is 0 Å². The van der Waals surface area contributed by atoms with Gasteiger partial charge in [0.1, 0.15) is 10.0 Å². The van der Waals surface area contributed by atoms with Gasteiger partial charge in [-0.15, -0.1) is 11.3 Å². The van der Waals surface area contributed by atoms with Gasteiger partial charge in [0, 0.05) is 6.54 Å². The van der Waals surface area contributed by atoms with Crippen LogP contribution in [0.5, 0.6) is 0 Å². The third-order valence-electron chi connectivity index (χ3n) is 3.26. The van der Waals surface area contributed by atoms with E-state index >= 15 is 0 Å². The summed E-state index contributed by atoms with van der Waals surface area (Å²) < 4.78 is 39.9. The van der Waals surface area contributed by atoms with Gasteiger partial charge in [-0.25, -0.2) is 12.8 Å². The Labute approximate surface area is 120 Å². The number of aliphatic hydroxyl groups is 1. The predicted octanol–water partition coefficient (Wildman–Crippen LogP) is 2.13. The van der Waals surface area contributed by atoms with Crippen LogP contribution in [0.2, 0.25) is 0 Å². The van der Waals surface area contributed by atoms with E-state index in [4.69, 9.17) is 5.11 Å². The molecule has 3 rings (SSSR count). The molecule has 7 heteroatoms. The van der Waals surface area contributed by atoms with Crippen LogP contribution in [0, 0.1) is 5.82 Å². The van der Waals surface area contributed by atoms with Crippen LogP contribution in [-0.2, 0) is 23.1 Å². The van der Waals surface area contributed by atoms with Gasteiger partial charge in [-0.2, -0.15) is 0 Å². The van der Waals surface area contributed by atoms with Crippen molar-refractivity contribution in [1.29, 1.82) is 0 Å². The molecule has 20 heavy (non-hydrogen) atoms. The Morgan fingerprint density at radius 2 is 2.15 bits per heavy atom. The number of sulfonamides is 1. The van der Waals surface area contributed by atoms with Crippen LogP contribution >= 0.6 is 11.3 Å². The topological polar surface area (TPSA) is 57.6 Å². The number of anilines is 1. The fourth-order valence-electron chi connectivity index (χ4n) is 2.25. The summed E-state index contributed by atoms with van der Waals surface area (Å²) in [5, 5.41) is 10.6. The van der Waals surface area contributed by atoms with E-state index in [0.29, 0.717) is 24.2 Å². The van der Waals surface area contributed by atoms with Crippen molar-refractivity contribution in [2.45, 2.75) is 17.2 Å². The van der Waals surface area contributed by atoms with Gasteiger partial charge < -0.3 is 5.11 Å². The van der Waals surface area contributed by atoms with Gasteiger partial charge in [0.05, 0.1) is 12.3 Å². The maximum Gasteiger partial charge on any atom is 0.273 e. The normalized spacial score (nSPS) is 14.6. The SMILES string of the molecule is O=S(=O)(c1cc(CO)cs1)N1CCc2ccc(F)cc21. The van der Waals surface area contributed by atoms with Gasteiger partial charge in [0.25, 0.3) is 10.0 Å². The summed E-state index contributed by atoms with van der Waals surface area (Å²) in [6, 6.07) is 5.66. The average molecular weight is 313 g/mol. The van der Waals surface area contributed by atoms with E-state index in [-0.39, 0.29) is 10.8 Å². The van der Waals surface area contributed by atoms with Crippen LogP contribution in [0.15, 0.2) is 33.9 Å². The minimum Gasteiger partial charge on any atom is -0.392 e. The first-order valence-electron chi connectivity index (χ1n) is 6.02. The molecule has 4 nitrogen and oxygen atoms in total. The van der Waals surface area contributed by atoms with E-state index in [9.17, 15) is 12.8 Å². The van der Waals surface area contributed by atoms with Gasteiger partial charge in [0.15, 0.2) is 0 Å². The summed E-state index contributed by atoms with van der Waals surface area (Å²) in [6.07, 6.45) is 0.576. The smallest absolute Gasteiger partial charge is 0.273 e. The summed E-state index contributed by atoms with van der Waals surface area (Å²) in [5.74, 6) is -0.451. The highest BCUT2D eigenvalue weighted by Crippen LogP contribution is 2.35. The van der Waals surface area contributed by atoms with Crippen molar-refractivity contribution in [2.75, 3.05) is 10.8 Å². The molecule has 0 unspecified atom stereocenters. The number of benzene rings is 1. The number of halogens is 1. The molecule has 0 saturated carbocycles. The highest BCUT2D eigenvalue weighted by molar-refractivity contribution is 7.94. The summed E-state index contributed by atoms with van der Waals surface area (Å²) in [5.41, 5.74) is 1.80. The van der Waals surface area contributed by atoms with Crippen LogP contribution < -0.4 is 4.31 Å². The van der Waals surface area contributed by atoms with Gasteiger partial charge in [-0.3, -0.25) is 4.31 Å². The third-order valence-corrected chi connectivity index (χ3v) is 6.53. The van der Waals surface area contributed by atoms with E-state index in [2.05, 4.69) is 0 Å². The highest BCUT2D eigenvalue weighted by Gasteiger charge is 2.32. The van der Waals surface area contributed by atoms with E-state index < -0.39 is 15.8 Å². The molecule has 0 aliphatic carbocycles. The largest absolute Gasteiger partial charge is 0.392 e. The molecule has 1 aliphatic heterocycles. The zero-order valence-corrected chi connectivity index (χ0v) is 12.0. The second-order valence-electron chi connectivity index (χ2n) is 4.53. The standard InChI is InChI=1S/C13H12FNO3S2/c14-11-2-1-10-3-4-15(12(10)6-11)20(17,18)13-5-9(7-16)8-19-13/h1-2,5-6,8,16H,3-4,7H2. The minimum atomic E-state index is -3.68. The Balaban J connectivity index is 2.04. The Morgan fingerprint density at radius 3 is 2.85 bits per heavy atom. The fourth-order valence-corrected chi connectivity index (χ4v) is 5.06. The molecule has 0 spiro atoms. The zero-order chi connectivity index (χ0) is 14.3. The summed E-state index contributed by atoms with van der Waals surface area (Å²) in [6.45, 7) is 0.116. The quantitative estimate of drug-likeness (QED) is 0.944. The molecule has 0 amide bonds. The van der Waals surface area contributed by atoms with E-state index in [1.54, 1.807) is 11.4 Å². The van der Waals surface area contributed by atoms with Crippen LogP contribution in [-0.4, -0.2) is 20.1 Å². The Morgan fingerprint density at radius 1 is 1.35 bits per heavy atom. The van der Waals surface area contributed by atoms with Crippen molar-refractivity contribution >= 4 is 27.0 Å². The van der Waals surface area contributed by atoms with Gasteiger partial charge in [-0.05, 0) is 41.1 Å². The summed E-state index contributed by atoms with van der Waals surface area (Å²) in [7, 11) is -3.68. The molecule has 0 fully saturated rings. The van der Waals surface area contributed by atoms with Crippen molar-refractivity contribution in [3.05, 3.63) is 46.6 Å². The molecular formula is C13H12FNO3S2. The lowest BCUT2D eigenvalue weighted by Gasteiger charge is -2.18. The maximum atomic E-state index is 13.3. The third kappa shape index (κ3) is 2.11. The van der Waals surface area contributed by atoms with Gasteiger partial charge in [0.2, 0.25) is 0 Å². The van der Waals surface area contributed by atoms with E-state index in [1.165, 1.54) is 22.5 Å². The molecule has 2 aromatic rings.